The number of carbonyl (C=O) groups excluding carboxylic acids is 1. The van der Waals surface area contributed by atoms with E-state index in [0.29, 0.717) is 13.1 Å². The van der Waals surface area contributed by atoms with Crippen LogP contribution >= 0.6 is 0 Å². The van der Waals surface area contributed by atoms with Crippen LogP contribution in [0.4, 0.5) is 4.79 Å². The van der Waals surface area contributed by atoms with Gasteiger partial charge in [0, 0.05) is 38.6 Å². The van der Waals surface area contributed by atoms with Gasteiger partial charge >= 0.3 is 6.09 Å². The van der Waals surface area contributed by atoms with Gasteiger partial charge in [-0.1, -0.05) is 0 Å². The number of piperazine rings is 1. The Labute approximate surface area is 130 Å². The van der Waals surface area contributed by atoms with Gasteiger partial charge in [0.2, 0.25) is 10.0 Å². The highest BCUT2D eigenvalue weighted by molar-refractivity contribution is 7.89. The van der Waals surface area contributed by atoms with E-state index in [2.05, 4.69) is 4.98 Å². The van der Waals surface area contributed by atoms with E-state index >= 15 is 0 Å². The maximum absolute atomic E-state index is 12.5. The lowest BCUT2D eigenvalue weighted by Crippen LogP contribution is -2.51. The van der Waals surface area contributed by atoms with Gasteiger partial charge in [-0.15, -0.1) is 0 Å². The van der Waals surface area contributed by atoms with Crippen molar-refractivity contribution < 1.29 is 17.9 Å². The predicted octanol–water partition coefficient (Wildman–Crippen LogP) is 1.32. The zero-order chi connectivity index (χ0) is 16.4. The van der Waals surface area contributed by atoms with Crippen LogP contribution in [0.5, 0.6) is 0 Å². The Bertz CT molecular complexity index is 617. The molecule has 1 fully saturated rings. The van der Waals surface area contributed by atoms with E-state index in [1.165, 1.54) is 33.7 Å². The highest BCUT2D eigenvalue weighted by atomic mass is 32.2. The zero-order valence-electron chi connectivity index (χ0n) is 13.0. The summed E-state index contributed by atoms with van der Waals surface area (Å²) in [5.41, 5.74) is -0.558. The number of nitrogens with zero attached hydrogens (tertiary/aromatic N) is 3. The quantitative estimate of drug-likeness (QED) is 0.818. The molecule has 1 aliphatic rings. The van der Waals surface area contributed by atoms with E-state index in [9.17, 15) is 13.2 Å². The molecule has 1 aromatic heterocycles. The van der Waals surface area contributed by atoms with E-state index in [1.54, 1.807) is 20.8 Å². The molecule has 0 atom stereocenters. The third-order valence-electron chi connectivity index (χ3n) is 3.18. The number of aromatic nitrogens is 1. The molecule has 0 saturated carbocycles. The molecule has 0 N–H and O–H groups in total. The topological polar surface area (TPSA) is 79.8 Å². The van der Waals surface area contributed by atoms with Crippen molar-refractivity contribution in [3.05, 3.63) is 24.5 Å². The molecule has 0 spiro atoms. The van der Waals surface area contributed by atoms with Crippen LogP contribution in [-0.2, 0) is 14.8 Å². The molecule has 122 valence electrons. The van der Waals surface area contributed by atoms with Crippen LogP contribution in [0.15, 0.2) is 29.4 Å². The monoisotopic (exact) mass is 327 g/mol. The first-order valence-electron chi connectivity index (χ1n) is 7.08. The van der Waals surface area contributed by atoms with E-state index in [0.717, 1.165) is 0 Å². The lowest BCUT2D eigenvalue weighted by atomic mass is 10.2. The number of carbonyl (C=O) groups is 1. The van der Waals surface area contributed by atoms with Crippen molar-refractivity contribution in [2.75, 3.05) is 26.2 Å². The Morgan fingerprint density at radius 1 is 1.14 bits per heavy atom. The van der Waals surface area contributed by atoms with Crippen LogP contribution in [0.25, 0.3) is 0 Å². The van der Waals surface area contributed by atoms with E-state index in [-0.39, 0.29) is 18.0 Å². The van der Waals surface area contributed by atoms with Crippen LogP contribution < -0.4 is 0 Å². The molecule has 1 amide bonds. The zero-order valence-corrected chi connectivity index (χ0v) is 13.8. The molecule has 8 heteroatoms. The van der Waals surface area contributed by atoms with Crippen molar-refractivity contribution in [1.82, 2.24) is 14.2 Å². The van der Waals surface area contributed by atoms with Crippen molar-refractivity contribution in [2.24, 2.45) is 0 Å². The average Bonchev–Trinajstić information content (AvgIpc) is 2.46. The summed E-state index contributed by atoms with van der Waals surface area (Å²) in [5.74, 6) is 0. The summed E-state index contributed by atoms with van der Waals surface area (Å²) in [6.45, 7) is 6.55. The maximum Gasteiger partial charge on any atom is 0.410 e. The number of pyridine rings is 1. The molecule has 0 aromatic carbocycles. The summed E-state index contributed by atoms with van der Waals surface area (Å²) in [7, 11) is -3.53. The molecule has 7 nitrogen and oxygen atoms in total. The average molecular weight is 327 g/mol. The molecule has 0 unspecified atom stereocenters. The van der Waals surface area contributed by atoms with Crippen molar-refractivity contribution in [1.29, 1.82) is 0 Å². The van der Waals surface area contributed by atoms with Crippen molar-refractivity contribution >= 4 is 16.1 Å². The number of hydrogen-bond donors (Lipinski definition) is 0. The molecule has 2 heterocycles. The fraction of sp³-hybridized carbons (Fsp3) is 0.571. The van der Waals surface area contributed by atoms with Crippen molar-refractivity contribution in [3.8, 4) is 0 Å². The minimum Gasteiger partial charge on any atom is -0.444 e. The normalized spacial score (nSPS) is 17.3. The van der Waals surface area contributed by atoms with Gasteiger partial charge < -0.3 is 9.64 Å². The Morgan fingerprint density at radius 2 is 1.68 bits per heavy atom. The Hall–Kier alpha value is -1.67. The minimum absolute atomic E-state index is 0.216. The Balaban J connectivity index is 1.99. The summed E-state index contributed by atoms with van der Waals surface area (Å²) in [6.07, 6.45) is 2.49. The first-order chi connectivity index (χ1) is 10.2. The maximum atomic E-state index is 12.5. The highest BCUT2D eigenvalue weighted by Gasteiger charge is 2.31. The molecule has 22 heavy (non-hydrogen) atoms. The van der Waals surface area contributed by atoms with Crippen molar-refractivity contribution in [3.63, 3.8) is 0 Å². The van der Waals surface area contributed by atoms with Gasteiger partial charge in [0.05, 0.1) is 4.90 Å². The molecule has 0 bridgehead atoms. The van der Waals surface area contributed by atoms with Gasteiger partial charge in [0.1, 0.15) is 5.60 Å². The first-order valence-corrected chi connectivity index (χ1v) is 8.52. The molecule has 1 saturated heterocycles. The molecule has 1 aliphatic heterocycles. The second-order valence-electron chi connectivity index (χ2n) is 6.05. The second kappa shape index (κ2) is 6.21. The fourth-order valence-corrected chi connectivity index (χ4v) is 3.50. The Morgan fingerprint density at radius 3 is 2.18 bits per heavy atom. The van der Waals surface area contributed by atoms with E-state index in [4.69, 9.17) is 4.74 Å². The molecular weight excluding hydrogens is 306 g/mol. The standard InChI is InChI=1S/C14H21N3O4S/c1-14(2,3)21-13(18)16-8-10-17(11-9-16)22(19,20)12-4-6-15-7-5-12/h4-7H,8-11H2,1-3H3. The number of rotatable bonds is 2. The van der Waals surface area contributed by atoms with E-state index in [1.807, 2.05) is 0 Å². The molecule has 1 aromatic rings. The molecule has 2 rings (SSSR count). The largest absolute Gasteiger partial charge is 0.444 e. The number of ether oxygens (including phenoxy) is 1. The SMILES string of the molecule is CC(C)(C)OC(=O)N1CCN(S(=O)(=O)c2ccncc2)CC1. The second-order valence-corrected chi connectivity index (χ2v) is 7.99. The van der Waals surface area contributed by atoms with Crippen LogP contribution in [-0.4, -0.2) is 60.5 Å². The van der Waals surface area contributed by atoms with Crippen LogP contribution in [0, 0.1) is 0 Å². The third-order valence-corrected chi connectivity index (χ3v) is 5.09. The van der Waals surface area contributed by atoms with Crippen LogP contribution in [0.1, 0.15) is 20.8 Å². The summed E-state index contributed by atoms with van der Waals surface area (Å²) in [4.78, 5) is 17.5. The smallest absolute Gasteiger partial charge is 0.410 e. The fourth-order valence-electron chi connectivity index (χ4n) is 2.10. The Kier molecular flexibility index (Phi) is 4.72. The van der Waals surface area contributed by atoms with Gasteiger partial charge in [-0.05, 0) is 32.9 Å². The summed E-state index contributed by atoms with van der Waals surface area (Å²) < 4.78 is 31.6. The lowest BCUT2D eigenvalue weighted by molar-refractivity contribution is 0.0192. The van der Waals surface area contributed by atoms with Gasteiger partial charge in [-0.3, -0.25) is 4.98 Å². The summed E-state index contributed by atoms with van der Waals surface area (Å²) in [5, 5.41) is 0. The first kappa shape index (κ1) is 16.7. The number of sulfonamides is 1. The molecule has 0 radical (unpaired) electrons. The number of hydrogen-bond acceptors (Lipinski definition) is 5. The van der Waals surface area contributed by atoms with Crippen LogP contribution in [0.2, 0.25) is 0 Å². The van der Waals surface area contributed by atoms with E-state index < -0.39 is 21.7 Å². The minimum atomic E-state index is -3.53. The van der Waals surface area contributed by atoms with Gasteiger partial charge in [0.25, 0.3) is 0 Å². The van der Waals surface area contributed by atoms with Crippen molar-refractivity contribution in [2.45, 2.75) is 31.3 Å². The highest BCUT2D eigenvalue weighted by Crippen LogP contribution is 2.18. The third kappa shape index (κ3) is 3.95. The van der Waals surface area contributed by atoms with Gasteiger partial charge in [-0.2, -0.15) is 4.31 Å². The number of amides is 1. The predicted molar refractivity (Wildman–Crippen MR) is 80.8 cm³/mol. The molecule has 0 aliphatic carbocycles. The summed E-state index contributed by atoms with van der Waals surface area (Å²) >= 11 is 0. The van der Waals surface area contributed by atoms with Gasteiger partial charge in [0.15, 0.2) is 0 Å². The lowest BCUT2D eigenvalue weighted by Gasteiger charge is -2.34. The van der Waals surface area contributed by atoms with Gasteiger partial charge in [-0.25, -0.2) is 13.2 Å². The van der Waals surface area contributed by atoms with Crippen LogP contribution in [0.3, 0.4) is 0 Å². The molecular formula is C14H21N3O4S. The summed E-state index contributed by atoms with van der Waals surface area (Å²) in [6, 6.07) is 2.94.